The molecule has 72 valence electrons. The van der Waals surface area contributed by atoms with Gasteiger partial charge >= 0.3 is 5.97 Å². The lowest BCUT2D eigenvalue weighted by Gasteiger charge is -1.97. The molecule has 0 saturated carbocycles. The molecule has 0 aromatic carbocycles. The summed E-state index contributed by atoms with van der Waals surface area (Å²) in [4.78, 5) is 19.2. The fraction of sp³-hybridized carbons (Fsp3) is 0.100. The van der Waals surface area contributed by atoms with Crippen LogP contribution in [-0.4, -0.2) is 16.7 Å². The Labute approximate surface area is 81.9 Å². The number of oxime groups is 1. The second-order valence-electron chi connectivity index (χ2n) is 2.51. The van der Waals surface area contributed by atoms with Crippen LogP contribution in [0.15, 0.2) is 42.2 Å². The quantitative estimate of drug-likeness (QED) is 0.314. The fourth-order valence-corrected chi connectivity index (χ4v) is 0.774. The van der Waals surface area contributed by atoms with Crippen molar-refractivity contribution >= 4 is 11.7 Å². The van der Waals surface area contributed by atoms with Crippen LogP contribution in [0.1, 0.15) is 12.6 Å². The Morgan fingerprint density at radius 2 is 2.43 bits per heavy atom. The Morgan fingerprint density at radius 1 is 1.64 bits per heavy atom. The first-order valence-electron chi connectivity index (χ1n) is 4.03. The Hall–Kier alpha value is -1.97. The standard InChI is InChI=1S/C10H10N2O2/c1-3-10(13)14-12-8(2)9-6-4-5-7-11-9/h3-7H,1H2,2H3/b12-8+. The van der Waals surface area contributed by atoms with Crippen molar-refractivity contribution in [3.8, 4) is 0 Å². The summed E-state index contributed by atoms with van der Waals surface area (Å²) in [6.45, 7) is 4.96. The van der Waals surface area contributed by atoms with E-state index < -0.39 is 5.97 Å². The molecule has 0 bridgehead atoms. The number of hydrogen-bond acceptors (Lipinski definition) is 4. The largest absolute Gasteiger partial charge is 0.358 e. The summed E-state index contributed by atoms with van der Waals surface area (Å²) >= 11 is 0. The maximum Gasteiger partial charge on any atom is 0.358 e. The zero-order valence-electron chi connectivity index (χ0n) is 7.80. The zero-order valence-corrected chi connectivity index (χ0v) is 7.80. The number of aromatic nitrogens is 1. The molecule has 0 unspecified atom stereocenters. The minimum absolute atomic E-state index is 0.542. The molecule has 0 fully saturated rings. The summed E-state index contributed by atoms with van der Waals surface area (Å²) in [5.41, 5.74) is 1.21. The molecular formula is C10H10N2O2. The van der Waals surface area contributed by atoms with Gasteiger partial charge in [0, 0.05) is 12.3 Å². The van der Waals surface area contributed by atoms with E-state index in [0.29, 0.717) is 11.4 Å². The lowest BCUT2D eigenvalue weighted by atomic mass is 10.3. The Kier molecular flexibility index (Phi) is 3.55. The summed E-state index contributed by atoms with van der Waals surface area (Å²) in [6.07, 6.45) is 2.69. The molecule has 0 aliphatic rings. The molecule has 0 amide bonds. The van der Waals surface area contributed by atoms with Crippen LogP contribution >= 0.6 is 0 Å². The fourth-order valence-electron chi connectivity index (χ4n) is 0.774. The molecule has 1 heterocycles. The highest BCUT2D eigenvalue weighted by Crippen LogP contribution is 1.96. The van der Waals surface area contributed by atoms with Gasteiger partial charge in [-0.3, -0.25) is 4.98 Å². The number of carbonyl (C=O) groups excluding carboxylic acids is 1. The average Bonchev–Trinajstić information content (AvgIpc) is 2.26. The molecule has 0 spiro atoms. The van der Waals surface area contributed by atoms with Gasteiger partial charge in [0.1, 0.15) is 5.71 Å². The van der Waals surface area contributed by atoms with Crippen LogP contribution in [0.4, 0.5) is 0 Å². The van der Waals surface area contributed by atoms with Crippen LogP contribution in [0.3, 0.4) is 0 Å². The molecule has 14 heavy (non-hydrogen) atoms. The number of nitrogens with zero attached hydrogens (tertiary/aromatic N) is 2. The van der Waals surface area contributed by atoms with Gasteiger partial charge in [-0.25, -0.2) is 4.79 Å². The molecule has 4 nitrogen and oxygen atoms in total. The van der Waals surface area contributed by atoms with Crippen LogP contribution in [-0.2, 0) is 9.63 Å². The molecule has 1 aromatic rings. The summed E-state index contributed by atoms with van der Waals surface area (Å²) in [5.74, 6) is -0.583. The van der Waals surface area contributed by atoms with Crippen LogP contribution in [0.25, 0.3) is 0 Å². The van der Waals surface area contributed by atoms with Gasteiger partial charge in [-0.05, 0) is 19.1 Å². The Bertz CT molecular complexity index is 358. The summed E-state index contributed by atoms with van der Waals surface area (Å²) in [5, 5.41) is 3.60. The Morgan fingerprint density at radius 3 is 3.00 bits per heavy atom. The van der Waals surface area contributed by atoms with Gasteiger partial charge in [-0.15, -0.1) is 0 Å². The first-order valence-corrected chi connectivity index (χ1v) is 4.03. The predicted octanol–water partition coefficient (Wildman–Crippen LogP) is 1.53. The molecule has 1 aromatic heterocycles. The van der Waals surface area contributed by atoms with E-state index in [1.807, 2.05) is 6.07 Å². The maximum absolute atomic E-state index is 10.7. The topological polar surface area (TPSA) is 51.5 Å². The van der Waals surface area contributed by atoms with E-state index >= 15 is 0 Å². The van der Waals surface area contributed by atoms with Gasteiger partial charge in [-0.2, -0.15) is 0 Å². The third-order valence-electron chi connectivity index (χ3n) is 1.47. The van der Waals surface area contributed by atoms with Gasteiger partial charge in [0.2, 0.25) is 0 Å². The van der Waals surface area contributed by atoms with Gasteiger partial charge in [0.25, 0.3) is 0 Å². The van der Waals surface area contributed by atoms with Crippen molar-refractivity contribution in [3.05, 3.63) is 42.7 Å². The van der Waals surface area contributed by atoms with Crippen molar-refractivity contribution in [1.82, 2.24) is 4.98 Å². The number of hydrogen-bond donors (Lipinski definition) is 0. The van der Waals surface area contributed by atoms with Gasteiger partial charge in [0.15, 0.2) is 0 Å². The lowest BCUT2D eigenvalue weighted by Crippen LogP contribution is -2.01. The van der Waals surface area contributed by atoms with Crippen LogP contribution < -0.4 is 0 Å². The van der Waals surface area contributed by atoms with Crippen molar-refractivity contribution in [3.63, 3.8) is 0 Å². The van der Waals surface area contributed by atoms with Crippen molar-refractivity contribution < 1.29 is 9.63 Å². The number of pyridine rings is 1. The third kappa shape index (κ3) is 2.82. The van der Waals surface area contributed by atoms with Crippen LogP contribution in [0.2, 0.25) is 0 Å². The van der Waals surface area contributed by atoms with Gasteiger partial charge < -0.3 is 4.84 Å². The highest BCUT2D eigenvalue weighted by molar-refractivity contribution is 5.97. The second-order valence-corrected chi connectivity index (χ2v) is 2.51. The van der Waals surface area contributed by atoms with Crippen molar-refractivity contribution in [1.29, 1.82) is 0 Å². The molecule has 0 aliphatic carbocycles. The van der Waals surface area contributed by atoms with E-state index in [4.69, 9.17) is 0 Å². The molecule has 0 atom stereocenters. The van der Waals surface area contributed by atoms with Crippen molar-refractivity contribution in [2.24, 2.45) is 5.16 Å². The zero-order chi connectivity index (χ0) is 10.4. The van der Waals surface area contributed by atoms with E-state index in [1.54, 1.807) is 25.3 Å². The lowest BCUT2D eigenvalue weighted by molar-refractivity contribution is -0.137. The average molecular weight is 190 g/mol. The smallest absolute Gasteiger partial charge is 0.313 e. The molecule has 4 heteroatoms. The number of rotatable bonds is 3. The number of carbonyl (C=O) groups is 1. The first-order chi connectivity index (χ1) is 6.74. The van der Waals surface area contributed by atoms with E-state index in [9.17, 15) is 4.79 Å². The highest BCUT2D eigenvalue weighted by atomic mass is 16.7. The maximum atomic E-state index is 10.7. The van der Waals surface area contributed by atoms with E-state index in [-0.39, 0.29) is 0 Å². The second kappa shape index (κ2) is 4.91. The molecular weight excluding hydrogens is 180 g/mol. The van der Waals surface area contributed by atoms with E-state index in [1.165, 1.54) is 0 Å². The van der Waals surface area contributed by atoms with Gasteiger partial charge in [0.05, 0.1) is 5.69 Å². The predicted molar refractivity (Wildman–Crippen MR) is 52.7 cm³/mol. The monoisotopic (exact) mass is 190 g/mol. The molecule has 0 saturated heterocycles. The normalized spacial score (nSPS) is 10.8. The molecule has 0 radical (unpaired) electrons. The summed E-state index contributed by atoms with van der Waals surface area (Å²) in [6, 6.07) is 5.41. The summed E-state index contributed by atoms with van der Waals surface area (Å²) in [7, 11) is 0. The Balaban J connectivity index is 2.70. The molecule has 0 N–H and O–H groups in total. The van der Waals surface area contributed by atoms with Crippen molar-refractivity contribution in [2.45, 2.75) is 6.92 Å². The molecule has 0 aliphatic heterocycles. The third-order valence-corrected chi connectivity index (χ3v) is 1.47. The van der Waals surface area contributed by atoms with Crippen molar-refractivity contribution in [2.75, 3.05) is 0 Å². The van der Waals surface area contributed by atoms with Crippen LogP contribution in [0.5, 0.6) is 0 Å². The minimum atomic E-state index is -0.583. The van der Waals surface area contributed by atoms with E-state index in [0.717, 1.165) is 6.08 Å². The highest BCUT2D eigenvalue weighted by Gasteiger charge is 1.99. The first kappa shape index (κ1) is 10.1. The summed E-state index contributed by atoms with van der Waals surface area (Å²) < 4.78 is 0. The van der Waals surface area contributed by atoms with Gasteiger partial charge in [-0.1, -0.05) is 17.8 Å². The van der Waals surface area contributed by atoms with Crippen LogP contribution in [0, 0.1) is 0 Å². The molecule has 1 rings (SSSR count). The minimum Gasteiger partial charge on any atom is -0.313 e. The van der Waals surface area contributed by atoms with E-state index in [2.05, 4.69) is 21.6 Å². The SMILES string of the molecule is C=CC(=O)O/N=C(\C)c1ccccn1.